The van der Waals surface area contributed by atoms with Crippen molar-refractivity contribution in [1.82, 2.24) is 5.32 Å². The number of rotatable bonds is 4. The highest BCUT2D eigenvalue weighted by molar-refractivity contribution is 9.10. The van der Waals surface area contributed by atoms with Gasteiger partial charge in [-0.3, -0.25) is 0 Å². The average Bonchev–Trinajstić information content (AvgIpc) is 2.43. The monoisotopic (exact) mass is 343 g/mol. The second kappa shape index (κ2) is 6.41. The summed E-state index contributed by atoms with van der Waals surface area (Å²) in [7, 11) is 0. The van der Waals surface area contributed by atoms with Crippen LogP contribution in [0.25, 0.3) is 0 Å². The van der Waals surface area contributed by atoms with Crippen molar-refractivity contribution < 1.29 is 13.2 Å². The second-order valence-corrected chi connectivity index (χ2v) is 5.38. The van der Waals surface area contributed by atoms with Gasteiger partial charge in [-0.2, -0.15) is 0 Å². The van der Waals surface area contributed by atoms with Gasteiger partial charge in [0, 0.05) is 12.6 Å². The van der Waals surface area contributed by atoms with Crippen molar-refractivity contribution >= 4 is 15.9 Å². The Morgan fingerprint density at radius 2 is 1.70 bits per heavy atom. The second-order valence-electron chi connectivity index (χ2n) is 4.52. The van der Waals surface area contributed by atoms with Gasteiger partial charge in [-0.1, -0.05) is 12.1 Å². The largest absolute Gasteiger partial charge is 0.306 e. The third-order valence-corrected chi connectivity index (χ3v) is 3.65. The lowest BCUT2D eigenvalue weighted by Crippen LogP contribution is -2.18. The molecular formula is C15H13BrF3N. The molecule has 2 aromatic carbocycles. The van der Waals surface area contributed by atoms with E-state index < -0.39 is 11.6 Å². The summed E-state index contributed by atoms with van der Waals surface area (Å²) in [6, 6.07) is 8.51. The Labute approximate surface area is 123 Å². The van der Waals surface area contributed by atoms with Crippen molar-refractivity contribution in [3.05, 3.63) is 69.4 Å². The zero-order chi connectivity index (χ0) is 14.7. The molecule has 1 N–H and O–H groups in total. The molecule has 5 heteroatoms. The maximum atomic E-state index is 13.2. The molecule has 0 spiro atoms. The lowest BCUT2D eigenvalue weighted by Gasteiger charge is -2.15. The van der Waals surface area contributed by atoms with Crippen LogP contribution in [-0.2, 0) is 6.54 Å². The Bertz CT molecular complexity index is 616. The van der Waals surface area contributed by atoms with Gasteiger partial charge in [-0.05, 0) is 58.2 Å². The molecule has 0 bridgehead atoms. The molecular weight excluding hydrogens is 331 g/mol. The maximum absolute atomic E-state index is 13.2. The van der Waals surface area contributed by atoms with E-state index in [-0.39, 0.29) is 11.9 Å². The van der Waals surface area contributed by atoms with Crippen LogP contribution in [0.5, 0.6) is 0 Å². The van der Waals surface area contributed by atoms with Gasteiger partial charge in [-0.15, -0.1) is 0 Å². The first-order chi connectivity index (χ1) is 9.47. The van der Waals surface area contributed by atoms with Crippen molar-refractivity contribution in [2.45, 2.75) is 19.5 Å². The van der Waals surface area contributed by atoms with Crippen LogP contribution in [0.15, 0.2) is 40.9 Å². The van der Waals surface area contributed by atoms with Gasteiger partial charge in [0.15, 0.2) is 11.6 Å². The number of halogens is 4. The molecule has 0 radical (unpaired) electrons. The SMILES string of the molecule is CC(NCc1ccc(F)c(F)c1)c1ccc(F)c(Br)c1. The van der Waals surface area contributed by atoms with Gasteiger partial charge in [0.25, 0.3) is 0 Å². The standard InChI is InChI=1S/C15H13BrF3N/c1-9(11-3-5-13(17)12(16)7-11)20-8-10-2-4-14(18)15(19)6-10/h2-7,9,20H,8H2,1H3. The van der Waals surface area contributed by atoms with Crippen molar-refractivity contribution in [2.24, 2.45) is 0 Å². The molecule has 0 saturated carbocycles. The normalized spacial score (nSPS) is 12.4. The van der Waals surface area contributed by atoms with Crippen LogP contribution >= 0.6 is 15.9 Å². The lowest BCUT2D eigenvalue weighted by molar-refractivity contribution is 0.504. The van der Waals surface area contributed by atoms with Gasteiger partial charge >= 0.3 is 0 Å². The van der Waals surface area contributed by atoms with Crippen LogP contribution in [0, 0.1) is 17.5 Å². The van der Waals surface area contributed by atoms with Gasteiger partial charge in [0.05, 0.1) is 4.47 Å². The third kappa shape index (κ3) is 3.61. The van der Waals surface area contributed by atoms with E-state index in [9.17, 15) is 13.2 Å². The number of hydrogen-bond acceptors (Lipinski definition) is 1. The molecule has 0 heterocycles. The van der Waals surface area contributed by atoms with E-state index in [1.54, 1.807) is 12.1 Å². The summed E-state index contributed by atoms with van der Waals surface area (Å²) < 4.78 is 39.4. The quantitative estimate of drug-likeness (QED) is 0.847. The fraction of sp³-hybridized carbons (Fsp3) is 0.200. The maximum Gasteiger partial charge on any atom is 0.159 e. The van der Waals surface area contributed by atoms with E-state index in [1.807, 2.05) is 6.92 Å². The van der Waals surface area contributed by atoms with E-state index in [1.165, 1.54) is 12.1 Å². The zero-order valence-corrected chi connectivity index (χ0v) is 12.3. The van der Waals surface area contributed by atoms with E-state index in [0.717, 1.165) is 17.7 Å². The van der Waals surface area contributed by atoms with E-state index in [4.69, 9.17) is 0 Å². The van der Waals surface area contributed by atoms with Crippen LogP contribution in [0.4, 0.5) is 13.2 Å². The van der Waals surface area contributed by atoms with Crippen LogP contribution in [0.3, 0.4) is 0 Å². The Morgan fingerprint density at radius 3 is 2.35 bits per heavy atom. The summed E-state index contributed by atoms with van der Waals surface area (Å²) in [6.07, 6.45) is 0. The summed E-state index contributed by atoms with van der Waals surface area (Å²) in [6.45, 7) is 2.31. The topological polar surface area (TPSA) is 12.0 Å². The van der Waals surface area contributed by atoms with Gasteiger partial charge in [0.1, 0.15) is 5.82 Å². The molecule has 20 heavy (non-hydrogen) atoms. The fourth-order valence-electron chi connectivity index (χ4n) is 1.82. The molecule has 106 valence electrons. The Kier molecular flexibility index (Phi) is 4.83. The number of nitrogens with one attached hydrogen (secondary N) is 1. The van der Waals surface area contributed by atoms with Crippen molar-refractivity contribution in [1.29, 1.82) is 0 Å². The molecule has 0 fully saturated rings. The molecule has 0 aliphatic rings. The van der Waals surface area contributed by atoms with Crippen molar-refractivity contribution in [3.63, 3.8) is 0 Å². The Morgan fingerprint density at radius 1 is 1.00 bits per heavy atom. The lowest BCUT2D eigenvalue weighted by atomic mass is 10.1. The van der Waals surface area contributed by atoms with Crippen molar-refractivity contribution in [2.75, 3.05) is 0 Å². The minimum atomic E-state index is -0.860. The van der Waals surface area contributed by atoms with E-state index >= 15 is 0 Å². The highest BCUT2D eigenvalue weighted by Crippen LogP contribution is 2.21. The van der Waals surface area contributed by atoms with Crippen LogP contribution < -0.4 is 5.32 Å². The molecule has 0 amide bonds. The molecule has 2 aromatic rings. The molecule has 0 aromatic heterocycles. The molecule has 1 unspecified atom stereocenters. The smallest absolute Gasteiger partial charge is 0.159 e. The first kappa shape index (κ1) is 15.1. The highest BCUT2D eigenvalue weighted by atomic mass is 79.9. The zero-order valence-electron chi connectivity index (χ0n) is 10.8. The summed E-state index contributed by atoms with van der Waals surface area (Å²) in [4.78, 5) is 0. The van der Waals surface area contributed by atoms with Crippen LogP contribution in [0.1, 0.15) is 24.1 Å². The molecule has 2 rings (SSSR count). The van der Waals surface area contributed by atoms with Gasteiger partial charge in [-0.25, -0.2) is 13.2 Å². The van der Waals surface area contributed by atoms with Crippen molar-refractivity contribution in [3.8, 4) is 0 Å². The summed E-state index contributed by atoms with van der Waals surface area (Å²) in [5, 5.41) is 3.18. The third-order valence-electron chi connectivity index (χ3n) is 3.04. The minimum Gasteiger partial charge on any atom is -0.306 e. The molecule has 0 aliphatic carbocycles. The van der Waals surface area contributed by atoms with E-state index in [0.29, 0.717) is 16.6 Å². The highest BCUT2D eigenvalue weighted by Gasteiger charge is 2.08. The van der Waals surface area contributed by atoms with Gasteiger partial charge in [0.2, 0.25) is 0 Å². The minimum absolute atomic E-state index is 0.0417. The predicted octanol–water partition coefficient (Wildman–Crippen LogP) is 4.72. The summed E-state index contributed by atoms with van der Waals surface area (Å²) in [5.74, 6) is -2.03. The fourth-order valence-corrected chi connectivity index (χ4v) is 2.22. The Balaban J connectivity index is 2.02. The molecule has 0 saturated heterocycles. The van der Waals surface area contributed by atoms with E-state index in [2.05, 4.69) is 21.2 Å². The molecule has 1 atom stereocenters. The van der Waals surface area contributed by atoms with Crippen LogP contribution in [0.2, 0.25) is 0 Å². The summed E-state index contributed by atoms with van der Waals surface area (Å²) in [5.41, 5.74) is 1.55. The summed E-state index contributed by atoms with van der Waals surface area (Å²) >= 11 is 3.13. The van der Waals surface area contributed by atoms with Gasteiger partial charge < -0.3 is 5.32 Å². The number of benzene rings is 2. The predicted molar refractivity (Wildman–Crippen MR) is 75.7 cm³/mol. The average molecular weight is 344 g/mol. The Hall–Kier alpha value is -1.33. The van der Waals surface area contributed by atoms with Crippen LogP contribution in [-0.4, -0.2) is 0 Å². The first-order valence-corrected chi connectivity index (χ1v) is 6.89. The first-order valence-electron chi connectivity index (χ1n) is 6.09. The molecule has 1 nitrogen and oxygen atoms in total. The molecule has 0 aliphatic heterocycles. The number of hydrogen-bond donors (Lipinski definition) is 1.